The van der Waals surface area contributed by atoms with Gasteiger partial charge >= 0.3 is 5.97 Å². The molecular weight excluding hydrogens is 278 g/mol. The number of rotatable bonds is 6. The van der Waals surface area contributed by atoms with Gasteiger partial charge in [0.1, 0.15) is 0 Å². The second-order valence-corrected chi connectivity index (χ2v) is 6.13. The van der Waals surface area contributed by atoms with Gasteiger partial charge in [0.25, 0.3) is 0 Å². The van der Waals surface area contributed by atoms with Gasteiger partial charge in [-0.3, -0.25) is 9.59 Å². The molecule has 4 heteroatoms. The molecule has 1 aromatic carbocycles. The molecule has 1 N–H and O–H groups in total. The molecule has 0 bridgehead atoms. The van der Waals surface area contributed by atoms with Gasteiger partial charge in [0.05, 0.1) is 5.92 Å². The molecule has 0 unspecified atom stereocenters. The van der Waals surface area contributed by atoms with Crippen LogP contribution in [0.3, 0.4) is 0 Å². The predicted octanol–water partition coefficient (Wildman–Crippen LogP) is 3.32. The molecule has 0 atom stereocenters. The van der Waals surface area contributed by atoms with E-state index in [9.17, 15) is 9.59 Å². The maximum absolute atomic E-state index is 12.7. The van der Waals surface area contributed by atoms with Crippen LogP contribution in [0.1, 0.15) is 44.6 Å². The van der Waals surface area contributed by atoms with Crippen LogP contribution in [0.2, 0.25) is 0 Å². The number of carbonyl (C=O) groups is 2. The van der Waals surface area contributed by atoms with Gasteiger partial charge in [-0.1, -0.05) is 37.3 Å². The van der Waals surface area contributed by atoms with E-state index in [4.69, 9.17) is 5.11 Å². The second kappa shape index (κ2) is 7.97. The molecule has 120 valence electrons. The third-order valence-corrected chi connectivity index (χ3v) is 4.45. The Morgan fingerprint density at radius 3 is 2.23 bits per heavy atom. The Kier molecular flexibility index (Phi) is 5.99. The second-order valence-electron chi connectivity index (χ2n) is 6.13. The number of benzene rings is 1. The summed E-state index contributed by atoms with van der Waals surface area (Å²) in [4.78, 5) is 25.7. The predicted molar refractivity (Wildman–Crippen MR) is 85.2 cm³/mol. The fourth-order valence-corrected chi connectivity index (χ4v) is 3.19. The Bertz CT molecular complexity index is 492. The quantitative estimate of drug-likeness (QED) is 0.877. The first-order chi connectivity index (χ1) is 10.6. The zero-order valence-electron chi connectivity index (χ0n) is 13.2. The largest absolute Gasteiger partial charge is 0.481 e. The minimum absolute atomic E-state index is 0.00846. The van der Waals surface area contributed by atoms with Crippen molar-refractivity contribution in [3.8, 4) is 0 Å². The van der Waals surface area contributed by atoms with E-state index < -0.39 is 5.97 Å². The van der Waals surface area contributed by atoms with Crippen molar-refractivity contribution in [1.82, 2.24) is 4.90 Å². The van der Waals surface area contributed by atoms with E-state index in [2.05, 4.69) is 6.92 Å². The molecule has 0 heterocycles. The monoisotopic (exact) mass is 303 g/mol. The minimum atomic E-state index is -0.722. The smallest absolute Gasteiger partial charge is 0.306 e. The summed E-state index contributed by atoms with van der Waals surface area (Å²) in [5, 5.41) is 9.06. The number of aliphatic carboxylic acids is 1. The first-order valence-electron chi connectivity index (χ1n) is 8.17. The lowest BCUT2D eigenvalue weighted by Gasteiger charge is -2.31. The third kappa shape index (κ3) is 4.33. The average molecular weight is 303 g/mol. The van der Waals surface area contributed by atoms with Crippen LogP contribution in [0.15, 0.2) is 30.3 Å². The molecule has 0 spiro atoms. The van der Waals surface area contributed by atoms with Crippen LogP contribution >= 0.6 is 0 Å². The number of hydrogen-bond donors (Lipinski definition) is 1. The third-order valence-electron chi connectivity index (χ3n) is 4.45. The molecular formula is C18H25NO3. The number of hydrogen-bond acceptors (Lipinski definition) is 2. The molecule has 2 rings (SSSR count). The summed E-state index contributed by atoms with van der Waals surface area (Å²) in [6.45, 7) is 3.48. The number of carbonyl (C=O) groups excluding carboxylic acids is 1. The van der Waals surface area contributed by atoms with Crippen LogP contribution in [0.5, 0.6) is 0 Å². The topological polar surface area (TPSA) is 57.6 Å². The highest BCUT2D eigenvalue weighted by molar-refractivity contribution is 5.79. The standard InChI is InChI=1S/C18H25NO3/c1-2-12-19(13-14-6-4-3-5-7-14)17(20)15-8-10-16(11-9-15)18(21)22/h3-7,15-16H,2,8-13H2,1H3,(H,21,22). The lowest BCUT2D eigenvalue weighted by atomic mass is 9.81. The molecule has 1 saturated carbocycles. The van der Waals surface area contributed by atoms with Crippen molar-refractivity contribution in [3.05, 3.63) is 35.9 Å². The molecule has 1 aromatic rings. The molecule has 4 nitrogen and oxygen atoms in total. The first-order valence-corrected chi connectivity index (χ1v) is 8.17. The maximum Gasteiger partial charge on any atom is 0.306 e. The molecule has 0 aliphatic heterocycles. The van der Waals surface area contributed by atoms with E-state index in [1.807, 2.05) is 35.2 Å². The number of carboxylic acid groups (broad SMARTS) is 1. The normalized spacial score (nSPS) is 21.3. The van der Waals surface area contributed by atoms with Crippen molar-refractivity contribution in [2.24, 2.45) is 11.8 Å². The highest BCUT2D eigenvalue weighted by Gasteiger charge is 2.31. The highest BCUT2D eigenvalue weighted by atomic mass is 16.4. The van der Waals surface area contributed by atoms with Gasteiger partial charge in [0, 0.05) is 19.0 Å². The van der Waals surface area contributed by atoms with Gasteiger partial charge in [-0.2, -0.15) is 0 Å². The number of nitrogens with zero attached hydrogens (tertiary/aromatic N) is 1. The minimum Gasteiger partial charge on any atom is -0.481 e. The lowest BCUT2D eigenvalue weighted by Crippen LogP contribution is -2.38. The van der Waals surface area contributed by atoms with Gasteiger partial charge in [-0.25, -0.2) is 0 Å². The molecule has 22 heavy (non-hydrogen) atoms. The lowest BCUT2D eigenvalue weighted by molar-refractivity contribution is -0.145. The molecule has 1 aliphatic carbocycles. The molecule has 0 aromatic heterocycles. The molecule has 0 saturated heterocycles. The van der Waals surface area contributed by atoms with Crippen molar-refractivity contribution in [2.45, 2.75) is 45.6 Å². The first kappa shape index (κ1) is 16.5. The van der Waals surface area contributed by atoms with Crippen molar-refractivity contribution < 1.29 is 14.7 Å². The van der Waals surface area contributed by atoms with Crippen molar-refractivity contribution in [3.63, 3.8) is 0 Å². The van der Waals surface area contributed by atoms with Crippen molar-refractivity contribution in [1.29, 1.82) is 0 Å². The Labute approximate surface area is 132 Å². The summed E-state index contributed by atoms with van der Waals surface area (Å²) in [7, 11) is 0. The van der Waals surface area contributed by atoms with Gasteiger partial charge in [0.15, 0.2) is 0 Å². The summed E-state index contributed by atoms with van der Waals surface area (Å²) in [5.41, 5.74) is 1.14. The van der Waals surface area contributed by atoms with Crippen LogP contribution in [0, 0.1) is 11.8 Å². The Hall–Kier alpha value is -1.84. The van der Waals surface area contributed by atoms with Crippen molar-refractivity contribution >= 4 is 11.9 Å². The molecule has 1 aliphatic rings. The maximum atomic E-state index is 12.7. The highest BCUT2D eigenvalue weighted by Crippen LogP contribution is 2.30. The van der Waals surface area contributed by atoms with E-state index in [1.54, 1.807) is 0 Å². The van der Waals surface area contributed by atoms with Gasteiger partial charge in [0.2, 0.25) is 5.91 Å². The summed E-state index contributed by atoms with van der Waals surface area (Å²) in [6, 6.07) is 10.0. The summed E-state index contributed by atoms with van der Waals surface area (Å²) < 4.78 is 0. The van der Waals surface area contributed by atoms with E-state index in [-0.39, 0.29) is 17.7 Å². The van der Waals surface area contributed by atoms with Crippen LogP contribution in [-0.2, 0) is 16.1 Å². The van der Waals surface area contributed by atoms with Gasteiger partial charge in [-0.15, -0.1) is 0 Å². The van der Waals surface area contributed by atoms with E-state index in [1.165, 1.54) is 0 Å². The Morgan fingerprint density at radius 2 is 1.68 bits per heavy atom. The van der Waals surface area contributed by atoms with Gasteiger partial charge in [-0.05, 0) is 37.7 Å². The summed E-state index contributed by atoms with van der Waals surface area (Å²) in [5.74, 6) is -0.807. The van der Waals surface area contributed by atoms with Crippen molar-refractivity contribution in [2.75, 3.05) is 6.54 Å². The number of amides is 1. The molecule has 1 fully saturated rings. The zero-order valence-corrected chi connectivity index (χ0v) is 13.2. The Morgan fingerprint density at radius 1 is 1.09 bits per heavy atom. The fourth-order valence-electron chi connectivity index (χ4n) is 3.19. The van der Waals surface area contributed by atoms with Crippen LogP contribution in [-0.4, -0.2) is 28.4 Å². The fraction of sp³-hybridized carbons (Fsp3) is 0.556. The number of carboxylic acids is 1. The van der Waals surface area contributed by atoms with E-state index >= 15 is 0 Å². The van der Waals surface area contributed by atoms with Crippen LogP contribution in [0.25, 0.3) is 0 Å². The SMILES string of the molecule is CCCN(Cc1ccccc1)C(=O)C1CCC(C(=O)O)CC1. The van der Waals surface area contributed by atoms with Gasteiger partial charge < -0.3 is 10.0 Å². The summed E-state index contributed by atoms with van der Waals surface area (Å²) >= 11 is 0. The molecule has 0 radical (unpaired) electrons. The zero-order chi connectivity index (χ0) is 15.9. The average Bonchev–Trinajstić information content (AvgIpc) is 2.55. The molecule has 1 amide bonds. The van der Waals surface area contributed by atoms with E-state index in [0.29, 0.717) is 32.2 Å². The summed E-state index contributed by atoms with van der Waals surface area (Å²) in [6.07, 6.45) is 3.58. The Balaban J connectivity index is 1.96. The van der Waals surface area contributed by atoms with Crippen LogP contribution in [0.4, 0.5) is 0 Å². The van der Waals surface area contributed by atoms with E-state index in [0.717, 1.165) is 18.5 Å². The van der Waals surface area contributed by atoms with Crippen LogP contribution < -0.4 is 0 Å².